The van der Waals surface area contributed by atoms with Crippen LogP contribution in [0.2, 0.25) is 0 Å². The summed E-state index contributed by atoms with van der Waals surface area (Å²) in [6.07, 6.45) is -7.52. The van der Waals surface area contributed by atoms with Crippen LogP contribution in [-0.2, 0) is 21.0 Å². The van der Waals surface area contributed by atoms with E-state index in [9.17, 15) is 43.9 Å². The van der Waals surface area contributed by atoms with Gasteiger partial charge in [-0.2, -0.15) is 17.5 Å². The third-order valence-electron chi connectivity index (χ3n) is 7.21. The smallest absolute Gasteiger partial charge is 0.420 e. The number of nitrogens with zero attached hydrogens (tertiary/aromatic N) is 2. The van der Waals surface area contributed by atoms with Gasteiger partial charge >= 0.3 is 12.1 Å². The molecule has 1 aromatic rings. The Morgan fingerprint density at radius 2 is 1.77 bits per heavy atom. The molecule has 0 amide bonds. The number of aliphatic carboxylic acids is 1. The summed E-state index contributed by atoms with van der Waals surface area (Å²) in [5, 5.41) is 9.07. The average Bonchev–Trinajstić information content (AvgIpc) is 2.88. The minimum absolute atomic E-state index is 0.150. The number of carboxylic acids is 1. The maximum atomic E-state index is 14.1. The van der Waals surface area contributed by atoms with Crippen LogP contribution in [0.4, 0.5) is 36.4 Å². The largest absolute Gasteiger partial charge is 0.492 e. The molecule has 1 fully saturated rings. The second-order valence-corrected chi connectivity index (χ2v) is 12.4. The Kier molecular flexibility index (Phi) is 8.76. The molecule has 2 atom stereocenters. The summed E-state index contributed by atoms with van der Waals surface area (Å²) in [4.78, 5) is 11.8. The van der Waals surface area contributed by atoms with Gasteiger partial charge in [-0.1, -0.05) is 0 Å². The molecule has 1 aliphatic heterocycles. The standard InChI is InChI=1S/C24H31F7N2O5S/c1-14(21(34)35)13-38-19-11-20-18(10-17(19)24(29,30)31)33(15-5-8-23(27,28)9-6-15)12-16(4-7-22(2,25)26)32(3)39(20,36)37/h10-11,14-16H,4-9,12-13H2,1-3H3,(H,34,35)/t14-,16-/m1/s1. The van der Waals surface area contributed by atoms with Crippen LogP contribution in [-0.4, -0.2) is 67.9 Å². The van der Waals surface area contributed by atoms with Crippen LogP contribution < -0.4 is 9.64 Å². The van der Waals surface area contributed by atoms with E-state index in [0.717, 1.165) is 11.4 Å². The molecule has 7 nitrogen and oxygen atoms in total. The molecular formula is C24H31F7N2O5S. The van der Waals surface area contributed by atoms with Crippen LogP contribution >= 0.6 is 0 Å². The lowest BCUT2D eigenvalue weighted by molar-refractivity contribution is -0.142. The molecule has 15 heteroatoms. The first-order chi connectivity index (χ1) is 17.7. The summed E-state index contributed by atoms with van der Waals surface area (Å²) in [5.74, 6) is -9.61. The highest BCUT2D eigenvalue weighted by Crippen LogP contribution is 2.46. The summed E-state index contributed by atoms with van der Waals surface area (Å²) in [6.45, 7) is 0.870. The second-order valence-electron chi connectivity index (χ2n) is 10.4. The first-order valence-electron chi connectivity index (χ1n) is 12.3. The number of ether oxygens (including phenoxy) is 1. The number of halogens is 7. The SMILES string of the molecule is C[C@H](COc1cc2c(cc1C(F)(F)F)N(C1CCC(F)(F)CC1)C[C@@H](CCC(C)(F)F)N(C)S2(=O)=O)C(=O)O. The van der Waals surface area contributed by atoms with Gasteiger partial charge in [0.25, 0.3) is 0 Å². The van der Waals surface area contributed by atoms with Gasteiger partial charge in [0.15, 0.2) is 0 Å². The van der Waals surface area contributed by atoms with Gasteiger partial charge in [0.05, 0.1) is 17.2 Å². The van der Waals surface area contributed by atoms with Crippen LogP contribution in [0.1, 0.15) is 57.9 Å². The molecule has 1 aliphatic carbocycles. The number of likely N-dealkylation sites (N-methyl/N-ethyl adjacent to an activating group) is 1. The van der Waals surface area contributed by atoms with E-state index < -0.39 is 99.8 Å². The van der Waals surface area contributed by atoms with Gasteiger partial charge in [-0.05, 0) is 39.2 Å². The maximum absolute atomic E-state index is 14.1. The fourth-order valence-electron chi connectivity index (χ4n) is 4.78. The number of fused-ring (bicyclic) bond motifs is 1. The summed E-state index contributed by atoms with van der Waals surface area (Å²) < 4.78 is 131. The summed E-state index contributed by atoms with van der Waals surface area (Å²) in [5.41, 5.74) is -1.77. The molecule has 1 saturated carbocycles. The highest BCUT2D eigenvalue weighted by molar-refractivity contribution is 7.89. The predicted molar refractivity (Wildman–Crippen MR) is 127 cm³/mol. The van der Waals surface area contributed by atoms with Crippen molar-refractivity contribution in [1.29, 1.82) is 0 Å². The van der Waals surface area contributed by atoms with Gasteiger partial charge in [0.1, 0.15) is 17.3 Å². The summed E-state index contributed by atoms with van der Waals surface area (Å²) in [7, 11) is -3.45. The lowest BCUT2D eigenvalue weighted by Gasteiger charge is -2.40. The van der Waals surface area contributed by atoms with E-state index in [2.05, 4.69) is 0 Å². The number of hydrogen-bond acceptors (Lipinski definition) is 5. The fourth-order valence-corrected chi connectivity index (χ4v) is 6.35. The number of alkyl halides is 7. The number of sulfonamides is 1. The van der Waals surface area contributed by atoms with Crippen molar-refractivity contribution in [2.75, 3.05) is 25.1 Å². The molecular weight excluding hydrogens is 561 g/mol. The molecule has 0 saturated heterocycles. The van der Waals surface area contributed by atoms with Gasteiger partial charge in [-0.25, -0.2) is 26.0 Å². The van der Waals surface area contributed by atoms with E-state index in [1.165, 1.54) is 11.8 Å². The van der Waals surface area contributed by atoms with Gasteiger partial charge in [-0.3, -0.25) is 4.79 Å². The minimum atomic E-state index is -5.05. The Morgan fingerprint density at radius 3 is 2.28 bits per heavy atom. The molecule has 1 N–H and O–H groups in total. The van der Waals surface area contributed by atoms with Crippen LogP contribution in [0.25, 0.3) is 0 Å². The van der Waals surface area contributed by atoms with Gasteiger partial charge in [0.2, 0.25) is 21.9 Å². The zero-order valence-corrected chi connectivity index (χ0v) is 22.4. The van der Waals surface area contributed by atoms with Crippen molar-refractivity contribution < 1.29 is 53.8 Å². The Balaban J connectivity index is 2.18. The van der Waals surface area contributed by atoms with Gasteiger partial charge < -0.3 is 14.7 Å². The molecule has 1 heterocycles. The number of carbonyl (C=O) groups is 1. The van der Waals surface area contributed by atoms with E-state index in [4.69, 9.17) is 9.84 Å². The highest BCUT2D eigenvalue weighted by Gasteiger charge is 2.45. The van der Waals surface area contributed by atoms with Crippen molar-refractivity contribution in [1.82, 2.24) is 4.31 Å². The van der Waals surface area contributed by atoms with Crippen molar-refractivity contribution in [3.63, 3.8) is 0 Å². The van der Waals surface area contributed by atoms with Crippen molar-refractivity contribution in [3.8, 4) is 5.75 Å². The second kappa shape index (κ2) is 10.9. The molecule has 39 heavy (non-hydrogen) atoms. The summed E-state index contributed by atoms with van der Waals surface area (Å²) >= 11 is 0. The molecule has 0 bridgehead atoms. The number of rotatable bonds is 8. The Morgan fingerprint density at radius 1 is 1.18 bits per heavy atom. The van der Waals surface area contributed by atoms with E-state index in [-0.39, 0.29) is 25.8 Å². The van der Waals surface area contributed by atoms with E-state index in [1.54, 1.807) is 0 Å². The van der Waals surface area contributed by atoms with Crippen LogP contribution in [0.5, 0.6) is 5.75 Å². The van der Waals surface area contributed by atoms with E-state index >= 15 is 0 Å². The van der Waals surface area contributed by atoms with Crippen LogP contribution in [0.15, 0.2) is 17.0 Å². The molecule has 0 radical (unpaired) electrons. The monoisotopic (exact) mass is 592 g/mol. The van der Waals surface area contributed by atoms with Gasteiger partial charge in [-0.15, -0.1) is 0 Å². The Bertz CT molecular complexity index is 1160. The molecule has 0 aromatic heterocycles. The zero-order valence-electron chi connectivity index (χ0n) is 21.6. The molecule has 3 rings (SSSR count). The van der Waals surface area contributed by atoms with Crippen molar-refractivity contribution in [2.45, 2.75) is 87.4 Å². The third kappa shape index (κ3) is 7.27. The van der Waals surface area contributed by atoms with Crippen LogP contribution in [0.3, 0.4) is 0 Å². The first-order valence-corrected chi connectivity index (χ1v) is 13.8. The maximum Gasteiger partial charge on any atom is 0.420 e. The lowest BCUT2D eigenvalue weighted by atomic mass is 9.90. The highest BCUT2D eigenvalue weighted by atomic mass is 32.2. The Hall–Kier alpha value is -2.29. The molecule has 0 spiro atoms. The molecule has 222 valence electrons. The molecule has 2 aliphatic rings. The van der Waals surface area contributed by atoms with E-state index in [0.29, 0.717) is 19.1 Å². The third-order valence-corrected chi connectivity index (χ3v) is 9.15. The number of benzene rings is 1. The fraction of sp³-hybridized carbons (Fsp3) is 0.708. The van der Waals surface area contributed by atoms with Crippen molar-refractivity contribution in [3.05, 3.63) is 17.7 Å². The van der Waals surface area contributed by atoms with Crippen LogP contribution in [0, 0.1) is 5.92 Å². The van der Waals surface area contributed by atoms with Crippen molar-refractivity contribution in [2.24, 2.45) is 5.92 Å². The van der Waals surface area contributed by atoms with Crippen molar-refractivity contribution >= 4 is 21.7 Å². The van der Waals surface area contributed by atoms with Gasteiger partial charge in [0, 0.05) is 51.0 Å². The first kappa shape index (κ1) is 31.2. The predicted octanol–water partition coefficient (Wildman–Crippen LogP) is 5.63. The Labute approximate surface area is 221 Å². The zero-order chi connectivity index (χ0) is 29.6. The average molecular weight is 593 g/mol. The normalized spacial score (nSPS) is 23.1. The summed E-state index contributed by atoms with van der Waals surface area (Å²) in [6, 6.07) is -0.652. The lowest BCUT2D eigenvalue weighted by Crippen LogP contribution is -2.47. The quantitative estimate of drug-likeness (QED) is 0.394. The number of carboxylic acid groups (broad SMARTS) is 1. The number of hydrogen-bond donors (Lipinski definition) is 1. The molecule has 1 aromatic carbocycles. The number of anilines is 1. The minimum Gasteiger partial charge on any atom is -0.492 e. The topological polar surface area (TPSA) is 87.2 Å². The molecule has 0 unspecified atom stereocenters. The van der Waals surface area contributed by atoms with E-state index in [1.807, 2.05) is 0 Å².